The largest absolute Gasteiger partial charge is 0.465 e. The second kappa shape index (κ2) is 12.2. The van der Waals surface area contributed by atoms with Gasteiger partial charge in [-0.3, -0.25) is 0 Å². The Kier molecular flexibility index (Phi) is 7.97. The van der Waals surface area contributed by atoms with Crippen LogP contribution in [0.5, 0.6) is 0 Å². The van der Waals surface area contributed by atoms with Crippen LogP contribution in [0.1, 0.15) is 57.8 Å². The number of azo groups is 2. The molecule has 20 heteroatoms. The molecule has 5 heterocycles. The summed E-state index contributed by atoms with van der Waals surface area (Å²) >= 11 is 0. The van der Waals surface area contributed by atoms with E-state index in [2.05, 4.69) is 45.7 Å². The average Bonchev–Trinajstić information content (AvgIpc) is 3.50. The van der Waals surface area contributed by atoms with Crippen LogP contribution >= 0.6 is 0 Å². The number of aryl methyl sites for hydroxylation is 3. The first-order valence-corrected chi connectivity index (χ1v) is 14.3. The van der Waals surface area contributed by atoms with Gasteiger partial charge in [-0.15, -0.1) is 20.5 Å². The number of aromatic nitrogens is 10. The van der Waals surface area contributed by atoms with E-state index >= 15 is 0 Å². The van der Waals surface area contributed by atoms with Crippen LogP contribution in [0.15, 0.2) is 45.2 Å². The van der Waals surface area contributed by atoms with E-state index in [9.17, 15) is 9.59 Å². The Bertz CT molecular complexity index is 2060. The van der Waals surface area contributed by atoms with Crippen molar-refractivity contribution in [1.29, 1.82) is 0 Å². The second-order valence-corrected chi connectivity index (χ2v) is 10.4. The molecule has 47 heavy (non-hydrogen) atoms. The van der Waals surface area contributed by atoms with Gasteiger partial charge < -0.3 is 20.9 Å². The van der Waals surface area contributed by atoms with E-state index in [0.717, 1.165) is 12.8 Å². The predicted octanol–water partition coefficient (Wildman–Crippen LogP) is 3.32. The Balaban J connectivity index is 1.36. The molecule has 0 atom stereocenters. The molecule has 1 aliphatic rings. The molecule has 0 radical (unpaired) electrons. The van der Waals surface area contributed by atoms with Crippen LogP contribution in [0.4, 0.5) is 34.6 Å². The number of nitrogen functional groups attached to an aromatic ring is 2. The molecule has 0 spiro atoms. The summed E-state index contributed by atoms with van der Waals surface area (Å²) in [4.78, 5) is 33.1. The average molecular weight is 643 g/mol. The molecule has 20 nitrogen and oxygen atoms in total. The van der Waals surface area contributed by atoms with Crippen molar-refractivity contribution in [1.82, 2.24) is 49.1 Å². The zero-order valence-electron chi connectivity index (χ0n) is 26.1. The molecule has 5 aromatic heterocycles. The summed E-state index contributed by atoms with van der Waals surface area (Å²) in [5, 5.41) is 34.7. The molecule has 4 N–H and O–H groups in total. The molecular formula is C27H30N16O4. The molecule has 1 fully saturated rings. The number of hydrogen-bond donors (Lipinski definition) is 2. The standard InChI is InChI=1S/C27H30N16O4/c1-6-16-20(34-36-24-14(26(44)46-4)10-32-40(24)2)22(28)42(38-16)17-9-18(31-12-30-17)43-23(29)21(19(39-43)13-7-8-13)35-37-25-15(27(45)47-5)11-33-41(25)3/h9-13H,6-8,28-29H2,1-5H3. The number of methoxy groups -OCH3 is 2. The van der Waals surface area contributed by atoms with Gasteiger partial charge in [-0.05, 0) is 19.3 Å². The lowest BCUT2D eigenvalue weighted by Crippen LogP contribution is -2.09. The van der Waals surface area contributed by atoms with Crippen molar-refractivity contribution in [3.8, 4) is 11.6 Å². The Morgan fingerprint density at radius 2 is 1.34 bits per heavy atom. The topological polar surface area (TPSA) is 251 Å². The van der Waals surface area contributed by atoms with Gasteiger partial charge in [-0.2, -0.15) is 29.8 Å². The molecule has 0 aromatic carbocycles. The summed E-state index contributed by atoms with van der Waals surface area (Å²) in [7, 11) is 5.79. The van der Waals surface area contributed by atoms with Gasteiger partial charge >= 0.3 is 11.9 Å². The molecule has 1 aliphatic carbocycles. The van der Waals surface area contributed by atoms with E-state index in [0.29, 0.717) is 40.8 Å². The number of anilines is 2. The number of rotatable bonds is 10. The van der Waals surface area contributed by atoms with Gasteiger partial charge in [0.2, 0.25) is 0 Å². The third kappa shape index (κ3) is 5.55. The smallest absolute Gasteiger partial charge is 0.343 e. The zero-order valence-corrected chi connectivity index (χ0v) is 26.1. The maximum Gasteiger partial charge on any atom is 0.343 e. The van der Waals surface area contributed by atoms with Crippen LogP contribution in [0.25, 0.3) is 11.6 Å². The van der Waals surface area contributed by atoms with Crippen molar-refractivity contribution in [3.05, 3.63) is 47.3 Å². The van der Waals surface area contributed by atoms with Gasteiger partial charge in [0.1, 0.15) is 17.5 Å². The van der Waals surface area contributed by atoms with Crippen molar-refractivity contribution in [2.75, 3.05) is 25.7 Å². The summed E-state index contributed by atoms with van der Waals surface area (Å²) in [5.74, 6) is 0.291. The molecular weight excluding hydrogens is 612 g/mol. The van der Waals surface area contributed by atoms with E-state index in [1.54, 1.807) is 20.2 Å². The molecule has 0 aliphatic heterocycles. The molecule has 6 rings (SSSR count). The van der Waals surface area contributed by atoms with E-state index in [-0.39, 0.29) is 40.3 Å². The number of nitrogens with zero attached hydrogens (tertiary/aromatic N) is 14. The molecule has 1 saturated carbocycles. The minimum atomic E-state index is -0.602. The number of esters is 2. The maximum absolute atomic E-state index is 12.2. The van der Waals surface area contributed by atoms with Crippen molar-refractivity contribution in [2.24, 2.45) is 34.6 Å². The Morgan fingerprint density at radius 3 is 1.85 bits per heavy atom. The van der Waals surface area contributed by atoms with E-state index < -0.39 is 11.9 Å². The number of nitrogens with two attached hydrogens (primary N) is 2. The first-order chi connectivity index (χ1) is 22.7. The molecule has 0 amide bonds. The molecule has 0 unspecified atom stereocenters. The lowest BCUT2D eigenvalue weighted by molar-refractivity contribution is 0.0592. The number of ether oxygens (including phenoxy) is 2. The normalized spacial score (nSPS) is 13.2. The summed E-state index contributed by atoms with van der Waals surface area (Å²) in [6, 6.07) is 1.61. The summed E-state index contributed by atoms with van der Waals surface area (Å²) in [5.41, 5.74) is 15.2. The molecule has 0 saturated heterocycles. The molecule has 0 bridgehead atoms. The first kappa shape index (κ1) is 30.7. The fourth-order valence-corrected chi connectivity index (χ4v) is 4.71. The highest BCUT2D eigenvalue weighted by atomic mass is 16.5. The van der Waals surface area contributed by atoms with Crippen LogP contribution in [-0.2, 0) is 30.0 Å². The van der Waals surface area contributed by atoms with Gasteiger partial charge in [0, 0.05) is 26.1 Å². The molecule has 5 aromatic rings. The van der Waals surface area contributed by atoms with Crippen molar-refractivity contribution in [2.45, 2.75) is 32.1 Å². The van der Waals surface area contributed by atoms with E-state index in [1.807, 2.05) is 6.92 Å². The lowest BCUT2D eigenvalue weighted by Gasteiger charge is -2.06. The number of hydrogen-bond acceptors (Lipinski definition) is 16. The highest BCUT2D eigenvalue weighted by molar-refractivity contribution is 5.94. The fourth-order valence-electron chi connectivity index (χ4n) is 4.71. The van der Waals surface area contributed by atoms with E-state index in [1.165, 1.54) is 51.7 Å². The van der Waals surface area contributed by atoms with Gasteiger partial charge in [-0.25, -0.2) is 28.9 Å². The van der Waals surface area contributed by atoms with Crippen molar-refractivity contribution >= 4 is 46.6 Å². The van der Waals surface area contributed by atoms with Gasteiger partial charge in [-0.1, -0.05) is 6.92 Å². The minimum absolute atomic E-state index is 0.140. The third-order valence-corrected chi connectivity index (χ3v) is 7.37. The summed E-state index contributed by atoms with van der Waals surface area (Å²) in [6.45, 7) is 1.89. The Hall–Kier alpha value is -6.34. The van der Waals surface area contributed by atoms with Crippen LogP contribution in [0.3, 0.4) is 0 Å². The quantitative estimate of drug-likeness (QED) is 0.164. The van der Waals surface area contributed by atoms with E-state index in [4.69, 9.17) is 26.0 Å². The highest BCUT2D eigenvalue weighted by Gasteiger charge is 2.32. The maximum atomic E-state index is 12.2. The third-order valence-electron chi connectivity index (χ3n) is 7.37. The van der Waals surface area contributed by atoms with Gasteiger partial charge in [0.15, 0.2) is 46.3 Å². The van der Waals surface area contributed by atoms with Crippen LogP contribution in [0, 0.1) is 0 Å². The number of carbonyl (C=O) groups is 2. The lowest BCUT2D eigenvalue weighted by atomic mass is 10.2. The Morgan fingerprint density at radius 1 is 0.830 bits per heavy atom. The summed E-state index contributed by atoms with van der Waals surface area (Å²) < 4.78 is 15.3. The van der Waals surface area contributed by atoms with Gasteiger partial charge in [0.05, 0.1) is 38.0 Å². The van der Waals surface area contributed by atoms with Crippen LogP contribution in [-0.4, -0.2) is 75.2 Å². The first-order valence-electron chi connectivity index (χ1n) is 14.3. The van der Waals surface area contributed by atoms with Crippen LogP contribution < -0.4 is 11.5 Å². The minimum Gasteiger partial charge on any atom is -0.465 e. The van der Waals surface area contributed by atoms with Crippen molar-refractivity contribution < 1.29 is 19.1 Å². The van der Waals surface area contributed by atoms with Crippen LogP contribution in [0.2, 0.25) is 0 Å². The Labute approximate surface area is 266 Å². The monoisotopic (exact) mass is 642 g/mol. The second-order valence-electron chi connectivity index (χ2n) is 10.4. The van der Waals surface area contributed by atoms with Crippen molar-refractivity contribution in [3.63, 3.8) is 0 Å². The molecule has 242 valence electrons. The SMILES string of the molecule is CCc1nn(-c2cc(-n3nc(C4CC4)c(N=Nc4c(C(=O)OC)cnn4C)c3N)ncn2)c(N)c1N=Nc1c(C(=O)OC)cnn1C. The van der Waals surface area contributed by atoms with Gasteiger partial charge in [0.25, 0.3) is 0 Å². The fraction of sp³-hybridized carbons (Fsp3) is 0.333. The highest BCUT2D eigenvalue weighted by Crippen LogP contribution is 2.46. The predicted molar refractivity (Wildman–Crippen MR) is 164 cm³/mol. The number of carbonyl (C=O) groups excluding carboxylic acids is 2. The summed E-state index contributed by atoms with van der Waals surface area (Å²) in [6.07, 6.45) is 6.32. The zero-order chi connectivity index (χ0) is 33.4.